The molecule has 3 fully saturated rings. The molecule has 1 aromatic carbocycles. The second-order valence-corrected chi connectivity index (χ2v) is 12.7. The Bertz CT molecular complexity index is 1160. The Balaban J connectivity index is 1.30. The van der Waals surface area contributed by atoms with Gasteiger partial charge in [-0.3, -0.25) is 24.5 Å². The second-order valence-electron chi connectivity index (χ2n) is 12.7. The third-order valence-corrected chi connectivity index (χ3v) is 8.72. The van der Waals surface area contributed by atoms with E-state index in [2.05, 4.69) is 10.6 Å². The minimum Gasteiger partial charge on any atom is -0.444 e. The van der Waals surface area contributed by atoms with Gasteiger partial charge in [-0.25, -0.2) is 4.79 Å². The number of aldehydes is 1. The highest BCUT2D eigenvalue weighted by Crippen LogP contribution is 2.55. The van der Waals surface area contributed by atoms with E-state index in [1.54, 1.807) is 23.1 Å². The van der Waals surface area contributed by atoms with Crippen molar-refractivity contribution in [3.8, 4) is 0 Å². The molecule has 1 atom stereocenters. The largest absolute Gasteiger partial charge is 0.444 e. The third kappa shape index (κ3) is 6.47. The Morgan fingerprint density at radius 2 is 1.77 bits per heavy atom. The molecule has 2 saturated carbocycles. The Hall–Kier alpha value is -3.43. The number of anilines is 1. The molecular formula is C30H42N4O6. The summed E-state index contributed by atoms with van der Waals surface area (Å²) in [5.41, 5.74) is 0.903. The third-order valence-electron chi connectivity index (χ3n) is 8.72. The lowest BCUT2D eigenvalue weighted by Gasteiger charge is -2.52. The van der Waals surface area contributed by atoms with Crippen molar-refractivity contribution >= 4 is 35.8 Å². The molecule has 0 radical (unpaired) electrons. The van der Waals surface area contributed by atoms with Crippen LogP contribution in [-0.2, 0) is 14.3 Å². The van der Waals surface area contributed by atoms with E-state index in [0.717, 1.165) is 38.5 Å². The van der Waals surface area contributed by atoms with Gasteiger partial charge in [0.15, 0.2) is 6.29 Å². The number of likely N-dealkylation sites (N-methyl/N-ethyl adjacent to an activating group) is 1. The summed E-state index contributed by atoms with van der Waals surface area (Å²) in [7, 11) is 3.35. The zero-order valence-electron chi connectivity index (χ0n) is 24.2. The summed E-state index contributed by atoms with van der Waals surface area (Å²) < 4.78 is 5.53. The molecule has 1 aliphatic heterocycles. The summed E-state index contributed by atoms with van der Waals surface area (Å²) in [5.74, 6) is -0.819. The van der Waals surface area contributed by atoms with Crippen molar-refractivity contribution in [1.82, 2.24) is 15.1 Å². The van der Waals surface area contributed by atoms with Gasteiger partial charge in [0.25, 0.3) is 5.91 Å². The van der Waals surface area contributed by atoms with Crippen molar-refractivity contribution in [1.29, 1.82) is 0 Å². The number of nitrogens with zero attached hydrogens (tertiary/aromatic N) is 2. The highest BCUT2D eigenvalue weighted by Gasteiger charge is 2.46. The second kappa shape index (κ2) is 11.6. The minimum atomic E-state index is -0.758. The quantitative estimate of drug-likeness (QED) is 0.386. The van der Waals surface area contributed by atoms with Gasteiger partial charge in [0, 0.05) is 38.8 Å². The summed E-state index contributed by atoms with van der Waals surface area (Å²) in [6.07, 6.45) is 7.12. The normalized spacial score (nSPS) is 26.4. The van der Waals surface area contributed by atoms with Crippen molar-refractivity contribution in [2.24, 2.45) is 11.3 Å². The zero-order valence-corrected chi connectivity index (χ0v) is 24.2. The van der Waals surface area contributed by atoms with Crippen LogP contribution in [-0.4, -0.2) is 78.2 Å². The van der Waals surface area contributed by atoms with Crippen LogP contribution in [0.15, 0.2) is 18.2 Å². The van der Waals surface area contributed by atoms with Crippen molar-refractivity contribution in [3.05, 3.63) is 29.3 Å². The van der Waals surface area contributed by atoms with Gasteiger partial charge in [-0.15, -0.1) is 0 Å². The molecule has 0 aromatic heterocycles. The van der Waals surface area contributed by atoms with Crippen LogP contribution in [0.25, 0.3) is 0 Å². The van der Waals surface area contributed by atoms with E-state index in [4.69, 9.17) is 4.74 Å². The van der Waals surface area contributed by atoms with Crippen LogP contribution in [0.3, 0.4) is 0 Å². The van der Waals surface area contributed by atoms with E-state index in [1.165, 1.54) is 11.9 Å². The Morgan fingerprint density at radius 3 is 2.38 bits per heavy atom. The maximum Gasteiger partial charge on any atom is 0.410 e. The fourth-order valence-electron chi connectivity index (χ4n) is 6.47. The highest BCUT2D eigenvalue weighted by atomic mass is 16.6. The topological polar surface area (TPSA) is 125 Å². The predicted octanol–water partition coefficient (Wildman–Crippen LogP) is 3.99. The molecule has 1 spiro atoms. The van der Waals surface area contributed by atoms with E-state index >= 15 is 0 Å². The summed E-state index contributed by atoms with van der Waals surface area (Å²) in [6.45, 7) is 6.33. The number of rotatable bonds is 7. The van der Waals surface area contributed by atoms with Crippen LogP contribution >= 0.6 is 0 Å². The number of hydrogen-bond donors (Lipinski definition) is 2. The molecule has 3 aliphatic rings. The molecule has 4 amide bonds. The van der Waals surface area contributed by atoms with Gasteiger partial charge < -0.3 is 19.9 Å². The number of imide groups is 1. The molecule has 1 aromatic rings. The summed E-state index contributed by atoms with van der Waals surface area (Å²) in [4.78, 5) is 64.5. The van der Waals surface area contributed by atoms with E-state index in [9.17, 15) is 24.0 Å². The monoisotopic (exact) mass is 554 g/mol. The fraction of sp³-hybridized carbons (Fsp3) is 0.633. The van der Waals surface area contributed by atoms with E-state index in [1.807, 2.05) is 27.8 Å². The van der Waals surface area contributed by atoms with Crippen molar-refractivity contribution < 1.29 is 28.7 Å². The van der Waals surface area contributed by atoms with Crippen LogP contribution in [0.2, 0.25) is 0 Å². The molecule has 218 valence electrons. The first-order chi connectivity index (χ1) is 18.8. The van der Waals surface area contributed by atoms with Gasteiger partial charge in [-0.1, -0.05) is 6.07 Å². The molecule has 10 heteroatoms. The van der Waals surface area contributed by atoms with Crippen molar-refractivity contribution in [3.63, 3.8) is 0 Å². The molecular weight excluding hydrogens is 512 g/mol. The fourth-order valence-corrected chi connectivity index (χ4v) is 6.47. The molecule has 40 heavy (non-hydrogen) atoms. The standard InChI is InChI=1S/C30H42N4O6/c1-29(2,3)40-28(39)33(4)20-11-13-30(14-12-20)15-19(16-30)17-31-23-8-6-7-21(22(23)18-35)27(38)34(5)24-9-10-25(36)32-26(24)37/h6-8,18-20,24,31H,9-17H2,1-5H3,(H,32,36,37). The van der Waals surface area contributed by atoms with E-state index < -0.39 is 23.5 Å². The minimum absolute atomic E-state index is 0.167. The van der Waals surface area contributed by atoms with Gasteiger partial charge in [-0.05, 0) is 89.2 Å². The number of ether oxygens (including phenoxy) is 1. The number of piperidine rings is 1. The molecule has 10 nitrogen and oxygen atoms in total. The van der Waals surface area contributed by atoms with Gasteiger partial charge >= 0.3 is 6.09 Å². The first-order valence-electron chi connectivity index (χ1n) is 14.2. The first kappa shape index (κ1) is 29.6. The Labute approximate surface area is 236 Å². The van der Waals surface area contributed by atoms with Gasteiger partial charge in [0.2, 0.25) is 11.8 Å². The number of carbonyl (C=O) groups excluding carboxylic acids is 5. The first-order valence-corrected chi connectivity index (χ1v) is 14.2. The molecule has 1 saturated heterocycles. The van der Waals surface area contributed by atoms with Gasteiger partial charge in [-0.2, -0.15) is 0 Å². The highest BCUT2D eigenvalue weighted by molar-refractivity contribution is 6.07. The Kier molecular flexibility index (Phi) is 8.56. The van der Waals surface area contributed by atoms with Crippen LogP contribution in [0.5, 0.6) is 0 Å². The molecule has 2 N–H and O–H groups in total. The molecule has 0 bridgehead atoms. The van der Waals surface area contributed by atoms with Crippen LogP contribution in [0.1, 0.15) is 92.9 Å². The Morgan fingerprint density at radius 1 is 1.10 bits per heavy atom. The van der Waals surface area contributed by atoms with E-state index in [0.29, 0.717) is 29.9 Å². The predicted molar refractivity (Wildman–Crippen MR) is 150 cm³/mol. The van der Waals surface area contributed by atoms with E-state index in [-0.39, 0.29) is 42.0 Å². The van der Waals surface area contributed by atoms with Gasteiger partial charge in [0.05, 0.1) is 11.1 Å². The number of hydrogen-bond acceptors (Lipinski definition) is 7. The van der Waals surface area contributed by atoms with Crippen molar-refractivity contribution in [2.45, 2.75) is 89.8 Å². The molecule has 2 aliphatic carbocycles. The summed E-state index contributed by atoms with van der Waals surface area (Å²) >= 11 is 0. The smallest absolute Gasteiger partial charge is 0.410 e. The maximum absolute atomic E-state index is 13.2. The lowest BCUT2D eigenvalue weighted by Crippen LogP contribution is -2.53. The average molecular weight is 555 g/mol. The summed E-state index contributed by atoms with van der Waals surface area (Å²) in [5, 5.41) is 5.66. The number of amides is 4. The number of benzene rings is 1. The number of nitrogens with one attached hydrogen (secondary N) is 2. The number of carbonyl (C=O) groups is 5. The zero-order chi connectivity index (χ0) is 29.2. The summed E-state index contributed by atoms with van der Waals surface area (Å²) in [6, 6.07) is 4.55. The lowest BCUT2D eigenvalue weighted by molar-refractivity contribution is -0.136. The molecule has 1 unspecified atom stereocenters. The van der Waals surface area contributed by atoms with Crippen molar-refractivity contribution in [2.75, 3.05) is 26.0 Å². The maximum atomic E-state index is 13.2. The van der Waals surface area contributed by atoms with Crippen LogP contribution < -0.4 is 10.6 Å². The van der Waals surface area contributed by atoms with Crippen LogP contribution in [0.4, 0.5) is 10.5 Å². The average Bonchev–Trinajstić information content (AvgIpc) is 2.88. The molecule has 1 heterocycles. The molecule has 4 rings (SSSR count). The van der Waals surface area contributed by atoms with Gasteiger partial charge in [0.1, 0.15) is 11.6 Å². The SMILES string of the molecule is CN(C(=O)OC(C)(C)C)C1CCC2(CC1)CC(CNc1cccc(C(=O)N(C)C3CCC(=O)NC3=O)c1C=O)C2. The lowest BCUT2D eigenvalue weighted by atomic mass is 9.55. The van der Waals surface area contributed by atoms with Crippen LogP contribution in [0, 0.1) is 11.3 Å².